The second kappa shape index (κ2) is 8.19. The number of aromatic nitrogens is 1. The number of rotatable bonds is 6. The van der Waals surface area contributed by atoms with Crippen LogP contribution >= 0.6 is 0 Å². The molecule has 2 rings (SSSR count). The van der Waals surface area contributed by atoms with E-state index in [2.05, 4.69) is 15.3 Å². The van der Waals surface area contributed by atoms with Crippen LogP contribution in [0.4, 0.5) is 4.39 Å². The summed E-state index contributed by atoms with van der Waals surface area (Å²) < 4.78 is 13.1. The highest BCUT2D eigenvalue weighted by Gasteiger charge is 2.10. The molecule has 6 heteroatoms. The predicted molar refractivity (Wildman–Crippen MR) is 91.6 cm³/mol. The van der Waals surface area contributed by atoms with E-state index in [1.54, 1.807) is 19.1 Å². The van der Waals surface area contributed by atoms with E-state index in [-0.39, 0.29) is 6.61 Å². The summed E-state index contributed by atoms with van der Waals surface area (Å²) in [5.41, 5.74) is 4.68. The zero-order chi connectivity index (χ0) is 17.5. The molecule has 0 amide bonds. The average molecular weight is 329 g/mol. The Labute approximate surface area is 140 Å². The van der Waals surface area contributed by atoms with Crippen molar-refractivity contribution in [2.45, 2.75) is 27.4 Å². The summed E-state index contributed by atoms with van der Waals surface area (Å²) in [6, 6.07) is 10.4. The molecule has 0 atom stereocenters. The SMILES string of the molecule is CO/N=C(/C)c1cccc(C)c1CO/N=C(\C)c1cccc(F)n1. The number of benzene rings is 1. The van der Waals surface area contributed by atoms with Crippen molar-refractivity contribution < 1.29 is 14.1 Å². The number of halogens is 1. The minimum absolute atomic E-state index is 0.269. The van der Waals surface area contributed by atoms with E-state index < -0.39 is 5.95 Å². The smallest absolute Gasteiger partial charge is 0.213 e. The largest absolute Gasteiger partial charge is 0.399 e. The molecule has 0 radical (unpaired) electrons. The summed E-state index contributed by atoms with van der Waals surface area (Å²) in [6.07, 6.45) is 0. The van der Waals surface area contributed by atoms with Gasteiger partial charge in [0.05, 0.1) is 11.4 Å². The zero-order valence-corrected chi connectivity index (χ0v) is 14.2. The molecule has 0 N–H and O–H groups in total. The topological polar surface area (TPSA) is 56.1 Å². The molecule has 1 aromatic heterocycles. The van der Waals surface area contributed by atoms with Crippen LogP contribution in [-0.4, -0.2) is 23.5 Å². The molecule has 126 valence electrons. The van der Waals surface area contributed by atoms with Crippen LogP contribution in [-0.2, 0) is 16.3 Å². The first kappa shape index (κ1) is 17.6. The highest BCUT2D eigenvalue weighted by Crippen LogP contribution is 2.17. The van der Waals surface area contributed by atoms with Gasteiger partial charge in [-0.1, -0.05) is 34.6 Å². The van der Waals surface area contributed by atoms with Crippen molar-refractivity contribution >= 4 is 11.4 Å². The molecular formula is C18H20FN3O2. The third kappa shape index (κ3) is 4.38. The lowest BCUT2D eigenvalue weighted by Crippen LogP contribution is -2.06. The zero-order valence-electron chi connectivity index (χ0n) is 14.2. The van der Waals surface area contributed by atoms with E-state index in [0.717, 1.165) is 22.4 Å². The number of pyridine rings is 1. The van der Waals surface area contributed by atoms with E-state index in [9.17, 15) is 4.39 Å². The van der Waals surface area contributed by atoms with E-state index in [0.29, 0.717) is 11.4 Å². The summed E-state index contributed by atoms with van der Waals surface area (Å²) in [7, 11) is 1.51. The fraction of sp³-hybridized carbons (Fsp3) is 0.278. The molecule has 0 spiro atoms. The quantitative estimate of drug-likeness (QED) is 0.460. The van der Waals surface area contributed by atoms with E-state index in [4.69, 9.17) is 9.68 Å². The molecule has 0 aliphatic heterocycles. The number of aryl methyl sites for hydroxylation is 1. The number of hydrogen-bond acceptors (Lipinski definition) is 5. The standard InChI is InChI=1S/C18H20FN3O2/c1-12-7-5-8-15(13(2)21-23-4)16(12)11-24-22-14(3)17-9-6-10-18(19)20-17/h5-10H,11H2,1-4H3/b21-13-,22-14+. The third-order valence-corrected chi connectivity index (χ3v) is 3.52. The summed E-state index contributed by atoms with van der Waals surface area (Å²) >= 11 is 0. The van der Waals surface area contributed by atoms with Crippen molar-refractivity contribution in [3.8, 4) is 0 Å². The van der Waals surface area contributed by atoms with Crippen LogP contribution in [0.1, 0.15) is 36.2 Å². The number of oxime groups is 2. The van der Waals surface area contributed by atoms with Gasteiger partial charge in [-0.2, -0.15) is 4.39 Å². The van der Waals surface area contributed by atoms with Gasteiger partial charge in [0.1, 0.15) is 19.4 Å². The first-order valence-electron chi connectivity index (χ1n) is 7.49. The Hall–Kier alpha value is -2.76. The van der Waals surface area contributed by atoms with E-state index in [1.807, 2.05) is 32.0 Å². The Morgan fingerprint density at radius 3 is 2.54 bits per heavy atom. The van der Waals surface area contributed by atoms with Gasteiger partial charge in [-0.05, 0) is 38.5 Å². The summed E-state index contributed by atoms with van der Waals surface area (Å²) in [6.45, 7) is 5.85. The van der Waals surface area contributed by atoms with Crippen molar-refractivity contribution in [1.82, 2.24) is 4.98 Å². The summed E-state index contributed by atoms with van der Waals surface area (Å²) in [5, 5.41) is 8.01. The van der Waals surface area contributed by atoms with Gasteiger partial charge >= 0.3 is 0 Å². The van der Waals surface area contributed by atoms with E-state index in [1.165, 1.54) is 13.2 Å². The van der Waals surface area contributed by atoms with Gasteiger partial charge in [-0.3, -0.25) is 0 Å². The van der Waals surface area contributed by atoms with Crippen LogP contribution in [0, 0.1) is 12.9 Å². The van der Waals surface area contributed by atoms with Crippen molar-refractivity contribution in [2.75, 3.05) is 7.11 Å². The highest BCUT2D eigenvalue weighted by atomic mass is 19.1. The number of hydrogen-bond donors (Lipinski definition) is 0. The lowest BCUT2D eigenvalue weighted by Gasteiger charge is -2.11. The van der Waals surface area contributed by atoms with Gasteiger partial charge in [0, 0.05) is 11.1 Å². The van der Waals surface area contributed by atoms with Crippen LogP contribution in [0.25, 0.3) is 0 Å². The minimum atomic E-state index is -0.547. The Balaban J connectivity index is 2.17. The molecule has 5 nitrogen and oxygen atoms in total. The first-order valence-corrected chi connectivity index (χ1v) is 7.49. The Morgan fingerprint density at radius 1 is 1.08 bits per heavy atom. The second-order valence-corrected chi connectivity index (χ2v) is 5.26. The maximum Gasteiger partial charge on any atom is 0.213 e. The molecule has 0 bridgehead atoms. The monoisotopic (exact) mass is 329 g/mol. The first-order chi connectivity index (χ1) is 11.5. The van der Waals surface area contributed by atoms with Gasteiger partial charge in [-0.15, -0.1) is 0 Å². The number of nitrogens with zero attached hydrogens (tertiary/aromatic N) is 3. The third-order valence-electron chi connectivity index (χ3n) is 3.52. The van der Waals surface area contributed by atoms with Gasteiger partial charge in [0.25, 0.3) is 0 Å². The second-order valence-electron chi connectivity index (χ2n) is 5.26. The predicted octanol–water partition coefficient (Wildman–Crippen LogP) is 3.84. The molecule has 0 saturated carbocycles. The fourth-order valence-corrected chi connectivity index (χ4v) is 2.27. The average Bonchev–Trinajstić information content (AvgIpc) is 2.56. The van der Waals surface area contributed by atoms with Gasteiger partial charge < -0.3 is 9.68 Å². The summed E-state index contributed by atoms with van der Waals surface area (Å²) in [5.74, 6) is -0.547. The molecule has 0 saturated heterocycles. The molecule has 0 aliphatic rings. The van der Waals surface area contributed by atoms with Crippen LogP contribution in [0.2, 0.25) is 0 Å². The molecule has 0 unspecified atom stereocenters. The Kier molecular flexibility index (Phi) is 6.01. The van der Waals surface area contributed by atoms with Crippen LogP contribution in [0.15, 0.2) is 46.7 Å². The molecule has 0 aliphatic carbocycles. The minimum Gasteiger partial charge on any atom is -0.399 e. The van der Waals surface area contributed by atoms with Crippen LogP contribution in [0.5, 0.6) is 0 Å². The van der Waals surface area contributed by atoms with Gasteiger partial charge in [-0.25, -0.2) is 4.98 Å². The Bertz CT molecular complexity index is 773. The lowest BCUT2D eigenvalue weighted by molar-refractivity contribution is 0.130. The van der Waals surface area contributed by atoms with Gasteiger partial charge in [0.15, 0.2) is 0 Å². The molecule has 24 heavy (non-hydrogen) atoms. The van der Waals surface area contributed by atoms with Crippen LogP contribution < -0.4 is 0 Å². The molecule has 1 heterocycles. The molecule has 2 aromatic rings. The maximum absolute atomic E-state index is 13.1. The molecule has 0 fully saturated rings. The fourth-order valence-electron chi connectivity index (χ4n) is 2.27. The lowest BCUT2D eigenvalue weighted by atomic mass is 10.00. The van der Waals surface area contributed by atoms with Gasteiger partial charge in [0.2, 0.25) is 5.95 Å². The van der Waals surface area contributed by atoms with E-state index >= 15 is 0 Å². The normalized spacial score (nSPS) is 12.2. The summed E-state index contributed by atoms with van der Waals surface area (Å²) in [4.78, 5) is 14.1. The molecule has 1 aromatic carbocycles. The van der Waals surface area contributed by atoms with Crippen LogP contribution in [0.3, 0.4) is 0 Å². The van der Waals surface area contributed by atoms with Crippen molar-refractivity contribution in [2.24, 2.45) is 10.3 Å². The van der Waals surface area contributed by atoms with Crippen molar-refractivity contribution in [1.29, 1.82) is 0 Å². The highest BCUT2D eigenvalue weighted by molar-refractivity contribution is 6.00. The maximum atomic E-state index is 13.1. The molecular weight excluding hydrogens is 309 g/mol. The van der Waals surface area contributed by atoms with Crippen molar-refractivity contribution in [3.63, 3.8) is 0 Å². The Morgan fingerprint density at radius 2 is 1.83 bits per heavy atom. The van der Waals surface area contributed by atoms with Crippen molar-refractivity contribution in [3.05, 3.63) is 64.7 Å².